The maximum Gasteiger partial charge on any atom is 0.317 e. The van der Waals surface area contributed by atoms with Crippen LogP contribution in [0.2, 0.25) is 0 Å². The van der Waals surface area contributed by atoms with Crippen LogP contribution in [0.25, 0.3) is 16.7 Å². The van der Waals surface area contributed by atoms with E-state index in [4.69, 9.17) is 9.97 Å². The van der Waals surface area contributed by atoms with E-state index in [1.165, 1.54) is 0 Å². The predicted molar refractivity (Wildman–Crippen MR) is 121 cm³/mol. The van der Waals surface area contributed by atoms with Crippen molar-refractivity contribution in [3.05, 3.63) is 42.4 Å². The largest absolute Gasteiger partial charge is 0.354 e. The lowest BCUT2D eigenvalue weighted by Gasteiger charge is -2.24. The molecule has 0 spiro atoms. The number of anilines is 1. The molecule has 3 aromatic rings. The van der Waals surface area contributed by atoms with Gasteiger partial charge in [0.25, 0.3) is 0 Å². The summed E-state index contributed by atoms with van der Waals surface area (Å²) in [5, 5.41) is 8.63. The molecule has 2 aromatic heterocycles. The monoisotopic (exact) mass is 419 g/mol. The van der Waals surface area contributed by atoms with Gasteiger partial charge in [-0.1, -0.05) is 18.2 Å². The smallest absolute Gasteiger partial charge is 0.317 e. The van der Waals surface area contributed by atoms with Crippen LogP contribution in [0.4, 0.5) is 10.6 Å². The molecule has 2 fully saturated rings. The highest BCUT2D eigenvalue weighted by molar-refractivity contribution is 5.88. The molecule has 1 aliphatic heterocycles. The van der Waals surface area contributed by atoms with Crippen LogP contribution in [0, 0.1) is 0 Å². The number of urea groups is 1. The number of rotatable bonds is 4. The number of amides is 2. The summed E-state index contributed by atoms with van der Waals surface area (Å²) in [6.07, 6.45) is 5.08. The zero-order valence-electron chi connectivity index (χ0n) is 18.2. The molecule has 8 heteroatoms. The van der Waals surface area contributed by atoms with Crippen LogP contribution in [0.5, 0.6) is 0 Å². The van der Waals surface area contributed by atoms with Crippen LogP contribution in [0.3, 0.4) is 0 Å². The Bertz CT molecular complexity index is 1070. The number of hydrogen-bond donors (Lipinski definition) is 1. The summed E-state index contributed by atoms with van der Waals surface area (Å²) < 4.78 is 1.91. The lowest BCUT2D eigenvalue weighted by atomic mass is 10.3. The molecule has 0 atom stereocenters. The van der Waals surface area contributed by atoms with Crippen molar-refractivity contribution in [3.8, 4) is 5.69 Å². The second-order valence-electron chi connectivity index (χ2n) is 8.74. The summed E-state index contributed by atoms with van der Waals surface area (Å²) in [5.41, 5.74) is 1.85. The fourth-order valence-electron chi connectivity index (χ4n) is 4.10. The quantitative estimate of drug-likeness (QED) is 0.702. The van der Waals surface area contributed by atoms with Gasteiger partial charge in [0.2, 0.25) is 0 Å². The highest BCUT2D eigenvalue weighted by Gasteiger charge is 2.30. The average Bonchev–Trinajstić information content (AvgIpc) is 3.56. The molecular formula is C23H29N7O. The number of para-hydroxylation sites is 1. The van der Waals surface area contributed by atoms with Crippen LogP contribution >= 0.6 is 0 Å². The van der Waals surface area contributed by atoms with E-state index in [2.05, 4.69) is 15.3 Å². The maximum absolute atomic E-state index is 12.5. The molecule has 1 aliphatic carbocycles. The molecule has 31 heavy (non-hydrogen) atoms. The number of nitrogens with one attached hydrogen (secondary N) is 1. The zero-order valence-corrected chi connectivity index (χ0v) is 18.2. The Kier molecular flexibility index (Phi) is 5.21. The third-order valence-electron chi connectivity index (χ3n) is 5.86. The van der Waals surface area contributed by atoms with Gasteiger partial charge in [-0.15, -0.1) is 0 Å². The van der Waals surface area contributed by atoms with Gasteiger partial charge in [0.15, 0.2) is 5.65 Å². The van der Waals surface area contributed by atoms with Crippen molar-refractivity contribution in [2.24, 2.45) is 0 Å². The predicted octanol–water partition coefficient (Wildman–Crippen LogP) is 3.32. The topological polar surface area (TPSA) is 79.2 Å². The van der Waals surface area contributed by atoms with Crippen LogP contribution < -0.4 is 10.2 Å². The SMILES string of the molecule is CC(C)NC(=O)N1CCCN(c2nc(C3CC3)nc3c2cnn3-c2ccccc2)CC1. The minimum Gasteiger partial charge on any atom is -0.354 e. The van der Waals surface area contributed by atoms with Gasteiger partial charge >= 0.3 is 6.03 Å². The third kappa shape index (κ3) is 4.06. The molecule has 0 unspecified atom stereocenters. The van der Waals surface area contributed by atoms with E-state index < -0.39 is 0 Å². The van der Waals surface area contributed by atoms with Crippen molar-refractivity contribution in [2.45, 2.75) is 45.1 Å². The molecular weight excluding hydrogens is 390 g/mol. The summed E-state index contributed by atoms with van der Waals surface area (Å²) in [7, 11) is 0. The molecule has 0 radical (unpaired) electrons. The van der Waals surface area contributed by atoms with Gasteiger partial charge in [0, 0.05) is 38.1 Å². The first-order chi connectivity index (χ1) is 15.1. The second kappa shape index (κ2) is 8.17. The van der Waals surface area contributed by atoms with Gasteiger partial charge in [-0.2, -0.15) is 5.10 Å². The number of carbonyl (C=O) groups excluding carboxylic acids is 1. The standard InChI is InChI=1S/C23H29N7O/c1-16(2)25-23(31)29-12-6-11-28(13-14-29)21-19-15-24-30(18-7-4-3-5-8-18)22(19)27-20(26-21)17-9-10-17/h3-5,7-8,15-17H,6,9-14H2,1-2H3,(H,25,31). The van der Waals surface area contributed by atoms with Gasteiger partial charge in [-0.25, -0.2) is 19.4 Å². The zero-order chi connectivity index (χ0) is 21.4. The summed E-state index contributed by atoms with van der Waals surface area (Å²) in [5.74, 6) is 2.31. The Morgan fingerprint density at radius 2 is 1.87 bits per heavy atom. The minimum atomic E-state index is 0.0141. The van der Waals surface area contributed by atoms with E-state index in [-0.39, 0.29) is 12.1 Å². The Balaban J connectivity index is 1.48. The first-order valence-corrected chi connectivity index (χ1v) is 11.2. The molecule has 2 aliphatic rings. The third-order valence-corrected chi connectivity index (χ3v) is 5.86. The van der Waals surface area contributed by atoms with Gasteiger partial charge < -0.3 is 15.1 Å². The van der Waals surface area contributed by atoms with E-state index in [0.717, 1.165) is 67.3 Å². The summed E-state index contributed by atoms with van der Waals surface area (Å²) in [6.45, 7) is 7.01. The van der Waals surface area contributed by atoms with Gasteiger partial charge in [-0.05, 0) is 45.2 Å². The molecule has 5 rings (SSSR count). The van der Waals surface area contributed by atoms with E-state index in [1.807, 2.05) is 60.0 Å². The number of hydrogen-bond acceptors (Lipinski definition) is 5. The van der Waals surface area contributed by atoms with Crippen LogP contribution in [0.15, 0.2) is 36.5 Å². The second-order valence-corrected chi connectivity index (χ2v) is 8.74. The highest BCUT2D eigenvalue weighted by atomic mass is 16.2. The van der Waals surface area contributed by atoms with E-state index in [1.54, 1.807) is 0 Å². The maximum atomic E-state index is 12.5. The number of benzene rings is 1. The van der Waals surface area contributed by atoms with Crippen molar-refractivity contribution < 1.29 is 4.79 Å². The highest BCUT2D eigenvalue weighted by Crippen LogP contribution is 2.40. The first kappa shape index (κ1) is 19.8. The van der Waals surface area contributed by atoms with Gasteiger partial charge in [0.1, 0.15) is 11.6 Å². The fourth-order valence-corrected chi connectivity index (χ4v) is 4.10. The van der Waals surface area contributed by atoms with E-state index >= 15 is 0 Å². The minimum absolute atomic E-state index is 0.0141. The molecule has 3 heterocycles. The number of carbonyl (C=O) groups is 1. The van der Waals surface area contributed by atoms with Crippen molar-refractivity contribution >= 4 is 22.9 Å². The molecule has 1 saturated heterocycles. The van der Waals surface area contributed by atoms with Crippen molar-refractivity contribution in [1.29, 1.82) is 0 Å². The van der Waals surface area contributed by atoms with Crippen LogP contribution in [-0.2, 0) is 0 Å². The number of aromatic nitrogens is 4. The Morgan fingerprint density at radius 3 is 2.61 bits per heavy atom. The lowest BCUT2D eigenvalue weighted by Crippen LogP contribution is -2.44. The summed E-state index contributed by atoms with van der Waals surface area (Å²) in [6, 6.07) is 10.3. The average molecular weight is 420 g/mol. The Labute approximate surface area is 182 Å². The van der Waals surface area contributed by atoms with Gasteiger partial charge in [-0.3, -0.25) is 0 Å². The molecule has 1 saturated carbocycles. The van der Waals surface area contributed by atoms with E-state index in [9.17, 15) is 4.79 Å². The molecule has 8 nitrogen and oxygen atoms in total. The Morgan fingerprint density at radius 1 is 1.06 bits per heavy atom. The first-order valence-electron chi connectivity index (χ1n) is 11.2. The van der Waals surface area contributed by atoms with Gasteiger partial charge in [0.05, 0.1) is 17.3 Å². The van der Waals surface area contributed by atoms with E-state index in [0.29, 0.717) is 12.5 Å². The fraction of sp³-hybridized carbons (Fsp3) is 0.478. The normalized spacial score (nSPS) is 17.3. The van der Waals surface area contributed by atoms with Crippen molar-refractivity contribution in [3.63, 3.8) is 0 Å². The number of nitrogens with zero attached hydrogens (tertiary/aromatic N) is 6. The summed E-state index contributed by atoms with van der Waals surface area (Å²) >= 11 is 0. The molecule has 2 amide bonds. The lowest BCUT2D eigenvalue weighted by molar-refractivity contribution is 0.199. The molecule has 0 bridgehead atoms. The Hall–Kier alpha value is -3.16. The molecule has 1 N–H and O–H groups in total. The number of fused-ring (bicyclic) bond motifs is 1. The van der Waals surface area contributed by atoms with Crippen LogP contribution in [-0.4, -0.2) is 62.9 Å². The van der Waals surface area contributed by atoms with Crippen molar-refractivity contribution in [2.75, 3.05) is 31.1 Å². The molecule has 162 valence electrons. The van der Waals surface area contributed by atoms with Crippen molar-refractivity contribution in [1.82, 2.24) is 30.0 Å². The summed E-state index contributed by atoms with van der Waals surface area (Å²) in [4.78, 5) is 26.6. The molecule has 1 aromatic carbocycles. The van der Waals surface area contributed by atoms with Crippen LogP contribution in [0.1, 0.15) is 44.9 Å².